The van der Waals surface area contributed by atoms with E-state index in [0.717, 1.165) is 65.6 Å². The highest BCUT2D eigenvalue weighted by Gasteiger charge is 2.68. The van der Waals surface area contributed by atoms with E-state index in [-0.39, 0.29) is 12.8 Å². The summed E-state index contributed by atoms with van der Waals surface area (Å²) in [7, 11) is 0. The van der Waals surface area contributed by atoms with E-state index in [9.17, 15) is 18.0 Å². The summed E-state index contributed by atoms with van der Waals surface area (Å²) in [6.45, 7) is 7.38. The van der Waals surface area contributed by atoms with Crippen LogP contribution in [0.1, 0.15) is 53.4 Å². The first-order valence-electron chi connectivity index (χ1n) is 14.7. The lowest BCUT2D eigenvalue weighted by Gasteiger charge is -2.28. The van der Waals surface area contributed by atoms with Crippen molar-refractivity contribution in [3.05, 3.63) is 77.8 Å². The SMILES string of the molecule is Cc1cc(-c2nc(-c3ccc(N4CCNCC4)nc3)cc3nccn23)ccc1[C@@H](C)NC(=O)c1noc(C2(C(F)(F)F)CC2)n1. The second-order valence-corrected chi connectivity index (χ2v) is 11.5. The van der Waals surface area contributed by atoms with E-state index >= 15 is 0 Å². The van der Waals surface area contributed by atoms with Gasteiger partial charge in [0.25, 0.3) is 11.7 Å². The van der Waals surface area contributed by atoms with E-state index in [2.05, 4.69) is 30.7 Å². The zero-order chi connectivity index (χ0) is 31.3. The summed E-state index contributed by atoms with van der Waals surface area (Å²) in [5.41, 5.74) is 2.74. The minimum Gasteiger partial charge on any atom is -0.354 e. The Morgan fingerprint density at radius 1 is 1.07 bits per heavy atom. The van der Waals surface area contributed by atoms with Gasteiger partial charge in [0, 0.05) is 62.0 Å². The fourth-order valence-electron chi connectivity index (χ4n) is 5.79. The van der Waals surface area contributed by atoms with Crippen LogP contribution in [-0.4, -0.2) is 67.8 Å². The van der Waals surface area contributed by atoms with E-state index < -0.39 is 35.3 Å². The number of hydrogen-bond donors (Lipinski definition) is 2. The van der Waals surface area contributed by atoms with Crippen molar-refractivity contribution in [3.8, 4) is 22.6 Å². The Hall–Kier alpha value is -4.85. The number of aromatic nitrogens is 6. The molecule has 14 heteroatoms. The summed E-state index contributed by atoms with van der Waals surface area (Å²) in [6, 6.07) is 11.3. The molecule has 0 radical (unpaired) electrons. The summed E-state index contributed by atoms with van der Waals surface area (Å²) in [5.74, 6) is -0.0935. The van der Waals surface area contributed by atoms with Gasteiger partial charge in [-0.05, 0) is 56.0 Å². The molecular formula is C31H30F3N9O2. The van der Waals surface area contributed by atoms with Gasteiger partial charge in [-0.1, -0.05) is 17.3 Å². The highest BCUT2D eigenvalue weighted by atomic mass is 19.4. The second-order valence-electron chi connectivity index (χ2n) is 11.5. The molecule has 1 aliphatic carbocycles. The number of anilines is 1. The number of nitrogens with one attached hydrogen (secondary N) is 2. The topological polar surface area (TPSA) is 126 Å². The Labute approximate surface area is 255 Å². The predicted molar refractivity (Wildman–Crippen MR) is 159 cm³/mol. The van der Waals surface area contributed by atoms with Crippen LogP contribution in [0.3, 0.4) is 0 Å². The van der Waals surface area contributed by atoms with Crippen molar-refractivity contribution in [1.82, 2.24) is 40.1 Å². The lowest BCUT2D eigenvalue weighted by molar-refractivity contribution is -0.166. The van der Waals surface area contributed by atoms with E-state index in [0.29, 0.717) is 5.82 Å². The molecule has 2 N–H and O–H groups in total. The summed E-state index contributed by atoms with van der Waals surface area (Å²) >= 11 is 0. The van der Waals surface area contributed by atoms with Gasteiger partial charge < -0.3 is 20.1 Å². The molecule has 1 saturated heterocycles. The lowest BCUT2D eigenvalue weighted by Crippen LogP contribution is -2.43. The first-order valence-corrected chi connectivity index (χ1v) is 14.7. The molecule has 0 bridgehead atoms. The number of benzene rings is 1. The number of carbonyl (C=O) groups excluding carboxylic acids is 1. The van der Waals surface area contributed by atoms with Gasteiger partial charge in [-0.25, -0.2) is 15.0 Å². The second kappa shape index (κ2) is 10.9. The number of carbonyl (C=O) groups is 1. The van der Waals surface area contributed by atoms with Crippen molar-refractivity contribution < 1.29 is 22.5 Å². The fourth-order valence-corrected chi connectivity index (χ4v) is 5.79. The molecule has 1 aromatic carbocycles. The maximum absolute atomic E-state index is 13.4. The largest absolute Gasteiger partial charge is 0.403 e. The number of fused-ring (bicyclic) bond motifs is 1. The minimum absolute atomic E-state index is 0.134. The Bertz CT molecular complexity index is 1870. The number of pyridine rings is 1. The van der Waals surface area contributed by atoms with E-state index in [4.69, 9.17) is 14.5 Å². The van der Waals surface area contributed by atoms with Crippen molar-refractivity contribution in [3.63, 3.8) is 0 Å². The molecule has 45 heavy (non-hydrogen) atoms. The quantitative estimate of drug-likeness (QED) is 0.269. The number of amides is 1. The first kappa shape index (κ1) is 28.9. The van der Waals surface area contributed by atoms with Gasteiger partial charge in [0.1, 0.15) is 22.7 Å². The number of halogens is 3. The number of rotatable bonds is 7. The number of piperazine rings is 1. The van der Waals surface area contributed by atoms with Crippen LogP contribution in [0.2, 0.25) is 0 Å². The van der Waals surface area contributed by atoms with Crippen LogP contribution in [0.15, 0.2) is 59.5 Å². The smallest absolute Gasteiger partial charge is 0.354 e. The molecule has 2 aliphatic rings. The molecule has 7 rings (SSSR count). The zero-order valence-electron chi connectivity index (χ0n) is 24.6. The molecule has 2 fully saturated rings. The van der Waals surface area contributed by atoms with E-state index in [1.54, 1.807) is 13.1 Å². The van der Waals surface area contributed by atoms with Crippen LogP contribution in [0, 0.1) is 6.92 Å². The Balaban J connectivity index is 1.11. The van der Waals surface area contributed by atoms with Crippen LogP contribution in [0.25, 0.3) is 28.3 Å². The molecule has 1 amide bonds. The third-order valence-electron chi connectivity index (χ3n) is 8.55. The van der Waals surface area contributed by atoms with Crippen LogP contribution >= 0.6 is 0 Å². The van der Waals surface area contributed by atoms with Gasteiger partial charge in [0.2, 0.25) is 5.89 Å². The first-order chi connectivity index (χ1) is 21.6. The molecule has 1 atom stereocenters. The number of imidazole rings is 1. The number of hydrogen-bond acceptors (Lipinski definition) is 9. The van der Waals surface area contributed by atoms with Gasteiger partial charge in [-0.15, -0.1) is 0 Å². The van der Waals surface area contributed by atoms with Gasteiger partial charge >= 0.3 is 6.18 Å². The van der Waals surface area contributed by atoms with E-state index in [1.165, 1.54) is 0 Å². The number of aryl methyl sites for hydroxylation is 1. The van der Waals surface area contributed by atoms with Gasteiger partial charge in [-0.3, -0.25) is 9.20 Å². The molecule has 1 saturated carbocycles. The zero-order valence-corrected chi connectivity index (χ0v) is 24.6. The van der Waals surface area contributed by atoms with Crippen molar-refractivity contribution in [2.45, 2.75) is 44.3 Å². The number of alkyl halides is 3. The third-order valence-corrected chi connectivity index (χ3v) is 8.55. The highest BCUT2D eigenvalue weighted by Crippen LogP contribution is 2.58. The Morgan fingerprint density at radius 2 is 1.84 bits per heavy atom. The molecular weight excluding hydrogens is 587 g/mol. The molecule has 0 spiro atoms. The standard InChI is InChI=1S/C31H30F3N9O2/c1-18-15-20(3-5-22(18)19(2)38-28(44)26-40-29(45-41-26)30(7-8-30)31(32,33)34)27-39-23(16-25-36-11-14-43(25)27)21-4-6-24(37-17-21)42-12-9-35-10-13-42/h3-6,11,14-17,19,35H,7-10,12-13H2,1-2H3,(H,38,44)/t19-/m1/s1. The summed E-state index contributed by atoms with van der Waals surface area (Å²) in [5, 5.41) is 9.64. The molecule has 1 aliphatic heterocycles. The Kier molecular flexibility index (Phi) is 7.03. The van der Waals surface area contributed by atoms with Crippen molar-refractivity contribution in [2.75, 3.05) is 31.1 Å². The molecule has 232 valence electrons. The fraction of sp³-hybridized carbons (Fsp3) is 0.355. The predicted octanol–water partition coefficient (Wildman–Crippen LogP) is 4.64. The average Bonchev–Trinajstić information content (AvgIpc) is 3.47. The molecule has 0 unspecified atom stereocenters. The van der Waals surface area contributed by atoms with Crippen molar-refractivity contribution in [2.24, 2.45) is 0 Å². The van der Waals surface area contributed by atoms with Crippen LogP contribution in [0.4, 0.5) is 19.0 Å². The normalized spacial score (nSPS) is 17.0. The monoisotopic (exact) mass is 617 g/mol. The van der Waals surface area contributed by atoms with Gasteiger partial charge in [0.05, 0.1) is 11.7 Å². The highest BCUT2D eigenvalue weighted by molar-refractivity contribution is 5.90. The maximum atomic E-state index is 13.4. The molecule has 5 aromatic rings. The van der Waals surface area contributed by atoms with Crippen molar-refractivity contribution >= 4 is 17.4 Å². The maximum Gasteiger partial charge on any atom is 0.403 e. The average molecular weight is 618 g/mol. The third kappa shape index (κ3) is 5.28. The number of nitrogens with zero attached hydrogens (tertiary/aromatic N) is 7. The van der Waals surface area contributed by atoms with Crippen LogP contribution < -0.4 is 15.5 Å². The van der Waals surface area contributed by atoms with Crippen LogP contribution in [0.5, 0.6) is 0 Å². The van der Waals surface area contributed by atoms with Gasteiger partial charge in [0.15, 0.2) is 0 Å². The van der Waals surface area contributed by atoms with Crippen LogP contribution in [-0.2, 0) is 5.41 Å². The van der Waals surface area contributed by atoms with Crippen molar-refractivity contribution in [1.29, 1.82) is 0 Å². The lowest BCUT2D eigenvalue weighted by atomic mass is 9.99. The van der Waals surface area contributed by atoms with E-state index in [1.807, 2.05) is 60.1 Å². The minimum atomic E-state index is -4.51. The molecule has 4 aromatic heterocycles. The summed E-state index contributed by atoms with van der Waals surface area (Å²) in [4.78, 5) is 33.1. The summed E-state index contributed by atoms with van der Waals surface area (Å²) < 4.78 is 47.1. The van der Waals surface area contributed by atoms with Gasteiger partial charge in [-0.2, -0.15) is 18.2 Å². The molecule has 11 nitrogen and oxygen atoms in total. The Morgan fingerprint density at radius 3 is 2.53 bits per heavy atom. The molecule has 5 heterocycles. The summed E-state index contributed by atoms with van der Waals surface area (Å²) in [6.07, 6.45) is 0.626.